The van der Waals surface area contributed by atoms with Crippen LogP contribution in [0.4, 0.5) is 0 Å². The van der Waals surface area contributed by atoms with Crippen LogP contribution in [-0.2, 0) is 27.7 Å². The maximum absolute atomic E-state index is 2.81. The minimum atomic E-state index is -2.49. The maximum Gasteiger partial charge on any atom is -1.00 e. The summed E-state index contributed by atoms with van der Waals surface area (Å²) in [5, 5.41) is 0. The molecule has 5 aliphatic carbocycles. The molecule has 1 saturated carbocycles. The van der Waals surface area contributed by atoms with Gasteiger partial charge in [0.2, 0.25) is 0 Å². The molecule has 3 heteroatoms. The van der Waals surface area contributed by atoms with Crippen LogP contribution in [0.5, 0.6) is 0 Å². The van der Waals surface area contributed by atoms with E-state index >= 15 is 0 Å². The summed E-state index contributed by atoms with van der Waals surface area (Å²) < 4.78 is 3.76. The second-order valence-electron chi connectivity index (χ2n) is 17.4. The predicted octanol–water partition coefficient (Wildman–Crippen LogP) is 5.65. The third-order valence-electron chi connectivity index (χ3n) is 14.3. The molecule has 0 aliphatic heterocycles. The van der Waals surface area contributed by atoms with Gasteiger partial charge in [0.15, 0.2) is 0 Å². The fourth-order valence-corrected chi connectivity index (χ4v) is 21.8. The molecule has 0 bridgehead atoms. The molecule has 0 heterocycles. The second kappa shape index (κ2) is 11.2. The summed E-state index contributed by atoms with van der Waals surface area (Å²) in [7, 11) is 0. The van der Waals surface area contributed by atoms with E-state index < -0.39 is 21.3 Å². The Labute approximate surface area is 290 Å². The van der Waals surface area contributed by atoms with Gasteiger partial charge in [0.25, 0.3) is 0 Å². The monoisotopic (exact) mass is 708 g/mol. The van der Waals surface area contributed by atoms with Crippen LogP contribution in [0.2, 0.25) is 3.12 Å². The molecule has 0 saturated heterocycles. The summed E-state index contributed by atoms with van der Waals surface area (Å²) in [5.74, 6) is 0.565. The molecule has 6 rings (SSSR count). The molecule has 1 aromatic rings. The molecule has 0 amide bonds. The molecule has 238 valence electrons. The number of fused-ring (bicyclic) bond motifs is 6. The molecule has 44 heavy (non-hydrogen) atoms. The third kappa shape index (κ3) is 4.33. The molecular weight excluding hydrogens is 655 g/mol. The summed E-state index contributed by atoms with van der Waals surface area (Å²) in [5.41, 5.74) is 12.2. The van der Waals surface area contributed by atoms with Crippen molar-refractivity contribution in [2.24, 2.45) is 33.0 Å². The summed E-state index contributed by atoms with van der Waals surface area (Å²) in [4.78, 5) is 0. The molecule has 0 radical (unpaired) electrons. The first-order valence-corrected chi connectivity index (χ1v) is 20.4. The van der Waals surface area contributed by atoms with Gasteiger partial charge in [-0.25, -0.2) is 0 Å². The van der Waals surface area contributed by atoms with Gasteiger partial charge >= 0.3 is 267 Å². The van der Waals surface area contributed by atoms with Gasteiger partial charge in [-0.2, -0.15) is 0 Å². The average molecular weight is 711 g/mol. The molecule has 3 atom stereocenters. The van der Waals surface area contributed by atoms with Crippen LogP contribution < -0.4 is 24.8 Å². The van der Waals surface area contributed by atoms with Crippen molar-refractivity contribution in [3.8, 4) is 0 Å². The van der Waals surface area contributed by atoms with Gasteiger partial charge in [-0.15, -0.1) is 0 Å². The average Bonchev–Trinajstić information content (AvgIpc) is 3.53. The van der Waals surface area contributed by atoms with Gasteiger partial charge in [-0.3, -0.25) is 0 Å². The Morgan fingerprint density at radius 3 is 2.09 bits per heavy atom. The Bertz CT molecular complexity index is 1570. The molecule has 0 nitrogen and oxygen atoms in total. The van der Waals surface area contributed by atoms with Crippen molar-refractivity contribution in [3.05, 3.63) is 85.3 Å². The Hall–Kier alpha value is -0.747. The van der Waals surface area contributed by atoms with Gasteiger partial charge in [0, 0.05) is 0 Å². The van der Waals surface area contributed by atoms with E-state index in [0.29, 0.717) is 5.92 Å². The van der Waals surface area contributed by atoms with E-state index in [0.717, 1.165) is 6.42 Å². The smallest absolute Gasteiger partial charge is 1.00 e. The normalized spacial score (nSPS) is 30.4. The van der Waals surface area contributed by atoms with Gasteiger partial charge in [0.1, 0.15) is 0 Å². The molecule has 3 unspecified atom stereocenters. The standard InChI is InChI=1S/C29H37.C9H13.C3H6.2ClH.Zr/c1-18-25-22-17-19-13-9-10-14-20(19)24(22)21-15-11-12-16-23(21)29(25,8)28(6,7)27(4,5)26(18,2)3;1-9(2,3)8-6-4-5-7-8;1-3-2;;;/h9-11,13-15,23H,12,16-17H2,1-8H3;6-7H,4H2,1-3H3;1-2H3;2*1H;/q;;;;;+2/p-2. The molecule has 0 aromatic heterocycles. The van der Waals surface area contributed by atoms with Crippen LogP contribution in [-0.4, -0.2) is 3.21 Å². The number of halogens is 2. The van der Waals surface area contributed by atoms with Crippen LogP contribution in [0.15, 0.2) is 74.1 Å². The van der Waals surface area contributed by atoms with Crippen molar-refractivity contribution >= 4 is 8.78 Å². The first kappa shape index (κ1) is 36.1. The number of benzene rings is 1. The van der Waals surface area contributed by atoms with Crippen molar-refractivity contribution in [1.82, 2.24) is 0 Å². The van der Waals surface area contributed by atoms with E-state index in [-0.39, 0.29) is 55.0 Å². The van der Waals surface area contributed by atoms with E-state index in [1.54, 1.807) is 31.1 Å². The summed E-state index contributed by atoms with van der Waals surface area (Å²) >= 11 is -2.49. The fraction of sp³-hybridized carbons (Fsp3) is 0.585. The topological polar surface area (TPSA) is 0 Å². The Morgan fingerprint density at radius 1 is 0.864 bits per heavy atom. The van der Waals surface area contributed by atoms with E-state index in [9.17, 15) is 0 Å². The van der Waals surface area contributed by atoms with Gasteiger partial charge in [0.05, 0.1) is 0 Å². The zero-order valence-electron chi connectivity index (χ0n) is 29.8. The van der Waals surface area contributed by atoms with E-state index in [1.165, 1.54) is 24.8 Å². The zero-order chi connectivity index (χ0) is 30.8. The molecule has 5 aliphatic rings. The van der Waals surface area contributed by atoms with Crippen molar-refractivity contribution in [3.63, 3.8) is 0 Å². The van der Waals surface area contributed by atoms with Crippen molar-refractivity contribution in [1.29, 1.82) is 0 Å². The van der Waals surface area contributed by atoms with E-state index in [4.69, 9.17) is 0 Å². The van der Waals surface area contributed by atoms with Crippen LogP contribution in [0.1, 0.15) is 120 Å². The van der Waals surface area contributed by atoms with Crippen LogP contribution in [0, 0.1) is 33.0 Å². The minimum absolute atomic E-state index is 0. The van der Waals surface area contributed by atoms with Crippen LogP contribution in [0.25, 0.3) is 5.57 Å². The zero-order valence-corrected chi connectivity index (χ0v) is 33.8. The minimum Gasteiger partial charge on any atom is -1.00 e. The Morgan fingerprint density at radius 2 is 1.50 bits per heavy atom. The van der Waals surface area contributed by atoms with Crippen LogP contribution >= 0.6 is 0 Å². The largest absolute Gasteiger partial charge is 1.00 e. The molecular formula is C41H56Cl2Zr. The van der Waals surface area contributed by atoms with Gasteiger partial charge in [-0.1, -0.05) is 0 Å². The summed E-state index contributed by atoms with van der Waals surface area (Å²) in [6.45, 7) is 33.8. The van der Waals surface area contributed by atoms with Gasteiger partial charge in [-0.05, 0) is 0 Å². The van der Waals surface area contributed by atoms with Crippen molar-refractivity contribution in [2.75, 3.05) is 0 Å². The molecule has 0 spiro atoms. The number of hydrogen-bond acceptors (Lipinski definition) is 0. The van der Waals surface area contributed by atoms with Crippen molar-refractivity contribution in [2.45, 2.75) is 119 Å². The fourth-order valence-electron chi connectivity index (χ4n) is 10.7. The Kier molecular flexibility index (Phi) is 9.16. The SMILES string of the molecule is C[C](C)=[Zr+2]([C]1=CC(C(C)(C)C)=CC1)[C]1(C)C2=C3Cc4ccccc4C3=C3C=CCCC3C2(C)C(C)(C)C(C)(C)C1(C)C.[Cl-].[Cl-]. The quantitative estimate of drug-likeness (QED) is 0.373. The maximum atomic E-state index is 2.81. The second-order valence-corrected chi connectivity index (χ2v) is 25.7. The van der Waals surface area contributed by atoms with Crippen molar-refractivity contribution < 1.29 is 46.1 Å². The molecule has 0 N–H and O–H groups in total. The third-order valence-corrected chi connectivity index (χ3v) is 23.8. The molecule has 1 fully saturated rings. The first-order chi connectivity index (χ1) is 19.3. The van der Waals surface area contributed by atoms with Crippen LogP contribution in [0.3, 0.4) is 0 Å². The first-order valence-electron chi connectivity index (χ1n) is 16.7. The molecule has 1 aromatic carbocycles. The number of hydrogen-bond donors (Lipinski definition) is 0. The predicted molar refractivity (Wildman–Crippen MR) is 180 cm³/mol. The number of rotatable bonds is 2. The Balaban J connectivity index is 0.00000221. The summed E-state index contributed by atoms with van der Waals surface area (Å²) in [6.07, 6.45) is 15.1. The summed E-state index contributed by atoms with van der Waals surface area (Å²) in [6, 6.07) is 9.40. The van der Waals surface area contributed by atoms with Gasteiger partial charge < -0.3 is 24.8 Å². The van der Waals surface area contributed by atoms with E-state index in [2.05, 4.69) is 139 Å². The van der Waals surface area contributed by atoms with E-state index in [1.807, 2.05) is 8.85 Å². The number of allylic oxidation sites excluding steroid dienone is 10.